The third kappa shape index (κ3) is 5.04. The lowest BCUT2D eigenvalue weighted by Crippen LogP contribution is -2.00. The molecule has 0 atom stereocenters. The van der Waals surface area contributed by atoms with Crippen LogP contribution in [0.3, 0.4) is 0 Å². The van der Waals surface area contributed by atoms with Crippen LogP contribution in [-0.4, -0.2) is 19.5 Å². The molecule has 0 N–H and O–H groups in total. The second-order valence-electron chi connectivity index (χ2n) is 14.4. The van der Waals surface area contributed by atoms with Crippen molar-refractivity contribution in [2.45, 2.75) is 0 Å². The Hall–Kier alpha value is -7.41. The van der Waals surface area contributed by atoms with Crippen molar-refractivity contribution >= 4 is 75.3 Å². The van der Waals surface area contributed by atoms with Gasteiger partial charge < -0.3 is 8.98 Å². The van der Waals surface area contributed by atoms with E-state index < -0.39 is 0 Å². The zero-order valence-electron chi connectivity index (χ0n) is 30.4. The van der Waals surface area contributed by atoms with Gasteiger partial charge in [0.2, 0.25) is 0 Å². The fraction of sp³-hybridized carbons (Fsp3) is 0. The standard InChI is InChI=1S/C51H30N4OS/c1-3-13-31(14-4-1)49-52-50(32-15-5-2-6-16-32)54-51(53-49)34-26-28-45-41(29-34)38-27-25-33(30-46(38)57-45)35-19-11-20-39-40-21-12-24-44(48(40)56-47(35)39)55-42-22-9-7-17-36(42)37-18-8-10-23-43(37)55/h1-30H. The predicted molar refractivity (Wildman–Crippen MR) is 236 cm³/mol. The van der Waals surface area contributed by atoms with Crippen LogP contribution in [0.2, 0.25) is 0 Å². The lowest BCUT2D eigenvalue weighted by molar-refractivity contribution is 0.667. The van der Waals surface area contributed by atoms with Crippen molar-refractivity contribution in [1.82, 2.24) is 19.5 Å². The maximum atomic E-state index is 6.97. The molecule has 0 fully saturated rings. The van der Waals surface area contributed by atoms with E-state index in [9.17, 15) is 0 Å². The lowest BCUT2D eigenvalue weighted by atomic mass is 10.0. The summed E-state index contributed by atoms with van der Waals surface area (Å²) >= 11 is 1.80. The molecule has 0 spiro atoms. The second kappa shape index (κ2) is 12.6. The van der Waals surface area contributed by atoms with E-state index in [2.05, 4.69) is 126 Å². The number of fused-ring (bicyclic) bond motifs is 9. The van der Waals surface area contributed by atoms with Crippen LogP contribution in [0.4, 0.5) is 0 Å². The number of nitrogens with zero attached hydrogens (tertiary/aromatic N) is 4. The summed E-state index contributed by atoms with van der Waals surface area (Å²) < 4.78 is 11.7. The van der Waals surface area contributed by atoms with E-state index >= 15 is 0 Å². The smallest absolute Gasteiger partial charge is 0.164 e. The van der Waals surface area contributed by atoms with E-state index in [0.717, 1.165) is 66.5 Å². The summed E-state index contributed by atoms with van der Waals surface area (Å²) in [6.07, 6.45) is 0. The molecule has 12 aromatic rings. The van der Waals surface area contributed by atoms with E-state index in [1.54, 1.807) is 11.3 Å². The van der Waals surface area contributed by atoms with Gasteiger partial charge in [-0.1, -0.05) is 140 Å². The van der Waals surface area contributed by atoms with Crippen molar-refractivity contribution in [3.8, 4) is 51.0 Å². The highest BCUT2D eigenvalue weighted by Gasteiger charge is 2.20. The van der Waals surface area contributed by atoms with Crippen LogP contribution in [-0.2, 0) is 0 Å². The van der Waals surface area contributed by atoms with Crippen LogP contribution < -0.4 is 0 Å². The fourth-order valence-electron chi connectivity index (χ4n) is 8.41. The second-order valence-corrected chi connectivity index (χ2v) is 15.5. The van der Waals surface area contributed by atoms with E-state index in [4.69, 9.17) is 19.4 Å². The van der Waals surface area contributed by atoms with Crippen molar-refractivity contribution in [3.05, 3.63) is 182 Å². The molecule has 4 heterocycles. The van der Waals surface area contributed by atoms with Gasteiger partial charge in [-0.05, 0) is 48.0 Å². The van der Waals surface area contributed by atoms with Crippen LogP contribution in [0, 0.1) is 0 Å². The first kappa shape index (κ1) is 31.9. The minimum Gasteiger partial charge on any atom is -0.453 e. The lowest BCUT2D eigenvalue weighted by Gasteiger charge is -2.08. The van der Waals surface area contributed by atoms with Gasteiger partial charge in [-0.2, -0.15) is 0 Å². The number of hydrogen-bond acceptors (Lipinski definition) is 5. The topological polar surface area (TPSA) is 56.7 Å². The molecular formula is C51H30N4OS. The molecule has 0 aliphatic rings. The molecule has 0 bridgehead atoms. The summed E-state index contributed by atoms with van der Waals surface area (Å²) in [6, 6.07) is 63.7. The zero-order chi connectivity index (χ0) is 37.5. The van der Waals surface area contributed by atoms with E-state index in [-0.39, 0.29) is 0 Å². The summed E-state index contributed by atoms with van der Waals surface area (Å²) in [5, 5.41) is 7.05. The molecule has 0 amide bonds. The average Bonchev–Trinajstić information content (AvgIpc) is 3.96. The number of benzene rings is 8. The third-order valence-corrected chi connectivity index (χ3v) is 12.2. The fourth-order valence-corrected chi connectivity index (χ4v) is 9.54. The van der Waals surface area contributed by atoms with Gasteiger partial charge in [-0.15, -0.1) is 11.3 Å². The number of furan rings is 1. The van der Waals surface area contributed by atoms with Gasteiger partial charge in [0.15, 0.2) is 23.1 Å². The molecule has 0 unspecified atom stereocenters. The molecule has 0 saturated carbocycles. The Morgan fingerprint density at radius 3 is 1.61 bits per heavy atom. The van der Waals surface area contributed by atoms with E-state index in [1.807, 2.05) is 60.7 Å². The number of aromatic nitrogens is 4. The SMILES string of the molecule is c1ccc(-c2nc(-c3ccccc3)nc(-c3ccc4sc5cc(-c6cccc7c6oc6c(-n8c9ccccc9c9ccccc98)cccc67)ccc5c4c3)n2)cc1. The normalized spacial score (nSPS) is 11.9. The van der Waals surface area contributed by atoms with Crippen molar-refractivity contribution < 1.29 is 4.42 Å². The molecule has 0 saturated heterocycles. The molecular weight excluding hydrogens is 717 g/mol. The average molecular weight is 747 g/mol. The van der Waals surface area contributed by atoms with Gasteiger partial charge in [0.05, 0.1) is 16.7 Å². The summed E-state index contributed by atoms with van der Waals surface area (Å²) in [5.74, 6) is 1.96. The molecule has 8 aromatic carbocycles. The molecule has 0 aliphatic heterocycles. The highest BCUT2D eigenvalue weighted by atomic mass is 32.1. The largest absolute Gasteiger partial charge is 0.453 e. The molecule has 6 heteroatoms. The number of para-hydroxylation sites is 4. The molecule has 5 nitrogen and oxygen atoms in total. The predicted octanol–water partition coefficient (Wildman–Crippen LogP) is 13.9. The molecule has 266 valence electrons. The van der Waals surface area contributed by atoms with Gasteiger partial charge in [0.25, 0.3) is 0 Å². The van der Waals surface area contributed by atoms with Gasteiger partial charge in [0.1, 0.15) is 5.58 Å². The van der Waals surface area contributed by atoms with Gasteiger partial charge in [-0.25, -0.2) is 15.0 Å². The number of hydrogen-bond donors (Lipinski definition) is 0. The first-order valence-corrected chi connectivity index (χ1v) is 19.8. The van der Waals surface area contributed by atoms with Crippen LogP contribution in [0.25, 0.3) is 115 Å². The Morgan fingerprint density at radius 2 is 0.930 bits per heavy atom. The van der Waals surface area contributed by atoms with Gasteiger partial charge >= 0.3 is 0 Å². The molecule has 12 rings (SSSR count). The van der Waals surface area contributed by atoms with Crippen LogP contribution in [0.5, 0.6) is 0 Å². The Morgan fingerprint density at radius 1 is 0.368 bits per heavy atom. The Labute approximate surface area is 330 Å². The van der Waals surface area contributed by atoms with Crippen molar-refractivity contribution in [2.75, 3.05) is 0 Å². The summed E-state index contributed by atoms with van der Waals surface area (Å²) in [7, 11) is 0. The monoisotopic (exact) mass is 746 g/mol. The van der Waals surface area contributed by atoms with Crippen LogP contribution in [0.1, 0.15) is 0 Å². The molecule has 0 radical (unpaired) electrons. The minimum absolute atomic E-state index is 0.650. The van der Waals surface area contributed by atoms with Crippen LogP contribution >= 0.6 is 11.3 Å². The molecule has 4 aromatic heterocycles. The Kier molecular flexibility index (Phi) is 7.03. The Balaban J connectivity index is 0.985. The van der Waals surface area contributed by atoms with E-state index in [1.165, 1.54) is 30.9 Å². The van der Waals surface area contributed by atoms with Gasteiger partial charge in [-0.3, -0.25) is 0 Å². The zero-order valence-corrected chi connectivity index (χ0v) is 31.2. The van der Waals surface area contributed by atoms with Crippen molar-refractivity contribution in [3.63, 3.8) is 0 Å². The first-order chi connectivity index (χ1) is 28.2. The first-order valence-electron chi connectivity index (χ1n) is 19.0. The van der Waals surface area contributed by atoms with E-state index in [0.29, 0.717) is 17.5 Å². The number of thiophene rings is 1. The van der Waals surface area contributed by atoms with Gasteiger partial charge in [0, 0.05) is 64.0 Å². The maximum absolute atomic E-state index is 6.97. The highest BCUT2D eigenvalue weighted by Crippen LogP contribution is 2.43. The summed E-state index contributed by atoms with van der Waals surface area (Å²) in [4.78, 5) is 14.9. The third-order valence-electron chi connectivity index (χ3n) is 11.1. The highest BCUT2D eigenvalue weighted by molar-refractivity contribution is 7.25. The minimum atomic E-state index is 0.650. The maximum Gasteiger partial charge on any atom is 0.164 e. The number of rotatable bonds is 5. The van der Waals surface area contributed by atoms with Crippen molar-refractivity contribution in [2.24, 2.45) is 0 Å². The molecule has 57 heavy (non-hydrogen) atoms. The van der Waals surface area contributed by atoms with Crippen molar-refractivity contribution in [1.29, 1.82) is 0 Å². The summed E-state index contributed by atoms with van der Waals surface area (Å²) in [5.41, 5.74) is 10.2. The molecule has 0 aliphatic carbocycles. The Bertz CT molecular complexity index is 3420. The quantitative estimate of drug-likeness (QED) is 0.176. The van der Waals surface area contributed by atoms with Crippen LogP contribution in [0.15, 0.2) is 186 Å². The summed E-state index contributed by atoms with van der Waals surface area (Å²) in [6.45, 7) is 0.